The summed E-state index contributed by atoms with van der Waals surface area (Å²) in [6.07, 6.45) is 1.24. The lowest BCUT2D eigenvalue weighted by Gasteiger charge is -2.22. The normalized spacial score (nSPS) is 18.6. The molecule has 1 aromatic heterocycles. The fourth-order valence-corrected chi connectivity index (χ4v) is 6.54. The van der Waals surface area contributed by atoms with E-state index in [0.717, 1.165) is 20.7 Å². The van der Waals surface area contributed by atoms with Gasteiger partial charge >= 0.3 is 0 Å². The molecule has 1 atom stereocenters. The van der Waals surface area contributed by atoms with Crippen molar-refractivity contribution in [3.05, 3.63) is 51.8 Å². The number of amides is 1. The highest BCUT2D eigenvalue weighted by Crippen LogP contribution is 2.32. The molecule has 1 aromatic carbocycles. The van der Waals surface area contributed by atoms with E-state index in [1.54, 1.807) is 12.1 Å². The molecule has 3 rings (SSSR count). The van der Waals surface area contributed by atoms with Gasteiger partial charge in [-0.3, -0.25) is 4.79 Å². The maximum Gasteiger partial charge on any atom is 0.253 e. The van der Waals surface area contributed by atoms with E-state index < -0.39 is 16.1 Å². The molecule has 1 N–H and O–H groups in total. The number of nitrogens with zero attached hydrogens (tertiary/aromatic N) is 1. The van der Waals surface area contributed by atoms with Crippen LogP contribution in [0, 0.1) is 0 Å². The second-order valence-electron chi connectivity index (χ2n) is 5.54. The maximum atomic E-state index is 12.8. The quantitative estimate of drug-likeness (QED) is 0.795. The van der Waals surface area contributed by atoms with Gasteiger partial charge in [0, 0.05) is 13.1 Å². The van der Waals surface area contributed by atoms with Gasteiger partial charge in [-0.05, 0) is 46.5 Å². The maximum absolute atomic E-state index is 12.8. The molecule has 1 aliphatic rings. The summed E-state index contributed by atoms with van der Waals surface area (Å²) in [7, 11) is -3.63. The highest BCUT2D eigenvalue weighted by Gasteiger charge is 2.39. The number of carbonyl (C=O) groups excluding carboxylic acids is 1. The predicted octanol–water partition coefficient (Wildman–Crippen LogP) is 2.98. The van der Waals surface area contributed by atoms with Crippen LogP contribution in [-0.4, -0.2) is 31.2 Å². The first-order valence-electron chi connectivity index (χ1n) is 7.57. The van der Waals surface area contributed by atoms with Crippen LogP contribution < -0.4 is 5.32 Å². The number of sulfonamides is 1. The number of rotatable bonds is 5. The van der Waals surface area contributed by atoms with Crippen molar-refractivity contribution in [1.82, 2.24) is 9.62 Å². The molecular weight excluding hydrogens is 412 g/mol. The second-order valence-corrected chi connectivity index (χ2v) is 10.1. The smallest absolute Gasteiger partial charge is 0.253 e. The fraction of sp³-hybridized carbons (Fsp3) is 0.312. The average Bonchev–Trinajstić information content (AvgIpc) is 3.23. The van der Waals surface area contributed by atoms with Gasteiger partial charge in [-0.1, -0.05) is 30.3 Å². The Morgan fingerprint density at radius 1 is 1.25 bits per heavy atom. The van der Waals surface area contributed by atoms with Crippen molar-refractivity contribution < 1.29 is 13.2 Å². The molecule has 8 heteroatoms. The third-order valence-electron chi connectivity index (χ3n) is 3.93. The van der Waals surface area contributed by atoms with Gasteiger partial charge in [0.05, 0.1) is 3.79 Å². The third-order valence-corrected chi connectivity index (χ3v) is 7.93. The second kappa shape index (κ2) is 7.35. The molecule has 1 amide bonds. The molecule has 5 nitrogen and oxygen atoms in total. The number of hydrogen-bond acceptors (Lipinski definition) is 4. The molecule has 0 bridgehead atoms. The number of halogens is 1. The molecule has 2 heterocycles. The largest absolute Gasteiger partial charge is 0.351 e. The van der Waals surface area contributed by atoms with Crippen LogP contribution >= 0.6 is 27.3 Å². The molecule has 0 aliphatic carbocycles. The van der Waals surface area contributed by atoms with Gasteiger partial charge in [0.15, 0.2) is 0 Å². The lowest BCUT2D eigenvalue weighted by Crippen LogP contribution is -2.45. The summed E-state index contributed by atoms with van der Waals surface area (Å²) in [5.74, 6) is -0.240. The highest BCUT2D eigenvalue weighted by molar-refractivity contribution is 9.11. The minimum atomic E-state index is -3.63. The molecule has 0 radical (unpaired) electrons. The summed E-state index contributed by atoms with van der Waals surface area (Å²) in [5.41, 5.74) is 0.987. The SMILES string of the molecule is O=C(NCc1ccccc1)C1CCCN1S(=O)(=O)c1ccc(Br)s1. The lowest BCUT2D eigenvalue weighted by atomic mass is 10.2. The Morgan fingerprint density at radius 2 is 2.00 bits per heavy atom. The predicted molar refractivity (Wildman–Crippen MR) is 97.2 cm³/mol. The van der Waals surface area contributed by atoms with E-state index in [4.69, 9.17) is 0 Å². The molecule has 2 aromatic rings. The van der Waals surface area contributed by atoms with Crippen molar-refractivity contribution in [2.75, 3.05) is 6.54 Å². The first-order chi connectivity index (χ1) is 11.5. The zero-order chi connectivity index (χ0) is 17.2. The molecule has 1 fully saturated rings. The fourth-order valence-electron chi connectivity index (χ4n) is 2.74. The Morgan fingerprint density at radius 3 is 2.67 bits per heavy atom. The summed E-state index contributed by atoms with van der Waals surface area (Å²) < 4.78 is 27.9. The minimum absolute atomic E-state index is 0.240. The summed E-state index contributed by atoms with van der Waals surface area (Å²) in [6.45, 7) is 0.774. The van der Waals surface area contributed by atoms with Crippen LogP contribution in [0.3, 0.4) is 0 Å². The zero-order valence-electron chi connectivity index (χ0n) is 12.8. The van der Waals surface area contributed by atoms with Crippen molar-refractivity contribution in [2.24, 2.45) is 0 Å². The van der Waals surface area contributed by atoms with Crippen molar-refractivity contribution in [2.45, 2.75) is 29.6 Å². The molecule has 24 heavy (non-hydrogen) atoms. The van der Waals surface area contributed by atoms with E-state index in [1.165, 1.54) is 4.31 Å². The lowest BCUT2D eigenvalue weighted by molar-refractivity contribution is -0.124. The summed E-state index contributed by atoms with van der Waals surface area (Å²) >= 11 is 4.45. The number of benzene rings is 1. The molecule has 0 saturated carbocycles. The van der Waals surface area contributed by atoms with E-state index in [9.17, 15) is 13.2 Å². The van der Waals surface area contributed by atoms with Gasteiger partial charge in [0.2, 0.25) is 5.91 Å². The van der Waals surface area contributed by atoms with Crippen molar-refractivity contribution in [3.63, 3.8) is 0 Å². The topological polar surface area (TPSA) is 66.5 Å². The molecule has 0 spiro atoms. The number of thiophene rings is 1. The number of nitrogens with one attached hydrogen (secondary N) is 1. The zero-order valence-corrected chi connectivity index (χ0v) is 16.0. The van der Waals surface area contributed by atoms with Crippen LogP contribution in [0.25, 0.3) is 0 Å². The summed E-state index contributed by atoms with van der Waals surface area (Å²) in [4.78, 5) is 12.5. The van der Waals surface area contributed by atoms with E-state index in [-0.39, 0.29) is 10.1 Å². The van der Waals surface area contributed by atoms with Gasteiger partial charge in [-0.25, -0.2) is 8.42 Å². The first kappa shape index (κ1) is 17.6. The first-order valence-corrected chi connectivity index (χ1v) is 10.6. The van der Waals surface area contributed by atoms with Gasteiger partial charge in [0.1, 0.15) is 10.3 Å². The molecule has 1 unspecified atom stereocenters. The van der Waals surface area contributed by atoms with Crippen LogP contribution in [0.1, 0.15) is 18.4 Å². The van der Waals surface area contributed by atoms with E-state index in [0.29, 0.717) is 25.9 Å². The van der Waals surface area contributed by atoms with Crippen LogP contribution in [0.2, 0.25) is 0 Å². The van der Waals surface area contributed by atoms with Gasteiger partial charge in [-0.2, -0.15) is 4.31 Å². The van der Waals surface area contributed by atoms with Crippen LogP contribution in [0.4, 0.5) is 0 Å². The highest BCUT2D eigenvalue weighted by atomic mass is 79.9. The van der Waals surface area contributed by atoms with Gasteiger partial charge in [-0.15, -0.1) is 11.3 Å². The van der Waals surface area contributed by atoms with Crippen LogP contribution in [-0.2, 0) is 21.4 Å². The molecule has 128 valence electrons. The monoisotopic (exact) mass is 428 g/mol. The van der Waals surface area contributed by atoms with E-state index >= 15 is 0 Å². The van der Waals surface area contributed by atoms with Crippen molar-refractivity contribution >= 4 is 43.2 Å². The summed E-state index contributed by atoms with van der Waals surface area (Å²) in [5, 5.41) is 2.85. The van der Waals surface area contributed by atoms with Gasteiger partial charge < -0.3 is 5.32 Å². The Bertz CT molecular complexity index is 821. The van der Waals surface area contributed by atoms with Crippen molar-refractivity contribution in [3.8, 4) is 0 Å². The van der Waals surface area contributed by atoms with E-state index in [2.05, 4.69) is 21.2 Å². The summed E-state index contributed by atoms with van der Waals surface area (Å²) in [6, 6.07) is 12.2. The molecule has 1 aliphatic heterocycles. The third kappa shape index (κ3) is 3.72. The Hall–Kier alpha value is -1.22. The van der Waals surface area contributed by atoms with Gasteiger partial charge in [0.25, 0.3) is 10.0 Å². The standard InChI is InChI=1S/C16H17BrN2O3S2/c17-14-8-9-15(23-14)24(21,22)19-10-4-7-13(19)16(20)18-11-12-5-2-1-3-6-12/h1-3,5-6,8-9,13H,4,7,10-11H2,(H,18,20). The Kier molecular flexibility index (Phi) is 5.39. The minimum Gasteiger partial charge on any atom is -0.351 e. The van der Waals surface area contributed by atoms with Crippen molar-refractivity contribution in [1.29, 1.82) is 0 Å². The molecule has 1 saturated heterocycles. The van der Waals surface area contributed by atoms with Crippen LogP contribution in [0.5, 0.6) is 0 Å². The van der Waals surface area contributed by atoms with Crippen LogP contribution in [0.15, 0.2) is 50.5 Å². The Balaban J connectivity index is 1.72. The molecular formula is C16H17BrN2O3S2. The average molecular weight is 429 g/mol. The van der Waals surface area contributed by atoms with E-state index in [1.807, 2.05) is 30.3 Å². The number of hydrogen-bond donors (Lipinski definition) is 1. The Labute approximate surface area is 153 Å². The number of carbonyl (C=O) groups is 1.